The molecule has 1 aliphatic rings. The fourth-order valence-electron chi connectivity index (χ4n) is 3.48. The number of carbonyl (C=O) groups excluding carboxylic acids is 1. The Hall–Kier alpha value is -1.85. The molecule has 1 aliphatic heterocycles. The molecule has 124 valence electrons. The third-order valence-electron chi connectivity index (χ3n) is 4.75. The van der Waals surface area contributed by atoms with Crippen LogP contribution in [0.1, 0.15) is 31.2 Å². The molecular formula is C18H25N3O2. The highest BCUT2D eigenvalue weighted by Crippen LogP contribution is 2.27. The molecule has 3 rings (SSSR count). The molecule has 0 saturated carbocycles. The summed E-state index contributed by atoms with van der Waals surface area (Å²) in [7, 11) is 1.64. The minimum atomic E-state index is -0.747. The summed E-state index contributed by atoms with van der Waals surface area (Å²) in [6.45, 7) is 2.46. The van der Waals surface area contributed by atoms with Crippen LogP contribution < -0.4 is 5.32 Å². The molecule has 5 nitrogen and oxygen atoms in total. The molecule has 2 aromatic rings. The van der Waals surface area contributed by atoms with Crippen molar-refractivity contribution < 1.29 is 9.90 Å². The second kappa shape index (κ2) is 6.72. The third kappa shape index (κ3) is 3.92. The number of carbonyl (C=O) groups is 1. The molecule has 5 heteroatoms. The van der Waals surface area contributed by atoms with Gasteiger partial charge in [-0.3, -0.25) is 9.69 Å². The van der Waals surface area contributed by atoms with E-state index in [0.29, 0.717) is 19.4 Å². The number of nitrogens with zero attached hydrogens (tertiary/aromatic N) is 1. The number of aromatic amines is 1. The zero-order valence-electron chi connectivity index (χ0n) is 13.6. The number of hydrogen-bond donors (Lipinski definition) is 3. The Kier molecular flexibility index (Phi) is 4.68. The van der Waals surface area contributed by atoms with Gasteiger partial charge in [-0.2, -0.15) is 0 Å². The lowest BCUT2D eigenvalue weighted by Gasteiger charge is -2.39. The summed E-state index contributed by atoms with van der Waals surface area (Å²) < 4.78 is 0. The van der Waals surface area contributed by atoms with Crippen LogP contribution in [0.15, 0.2) is 30.5 Å². The van der Waals surface area contributed by atoms with Crippen LogP contribution in [0, 0.1) is 0 Å². The van der Waals surface area contributed by atoms with Crippen LogP contribution in [0.4, 0.5) is 0 Å². The van der Waals surface area contributed by atoms with Gasteiger partial charge >= 0.3 is 0 Å². The predicted molar refractivity (Wildman–Crippen MR) is 91.1 cm³/mol. The molecule has 1 fully saturated rings. The summed E-state index contributed by atoms with van der Waals surface area (Å²) in [6.07, 6.45) is 4.61. The average Bonchev–Trinajstić information content (AvgIpc) is 3.00. The van der Waals surface area contributed by atoms with Gasteiger partial charge in [0, 0.05) is 38.3 Å². The zero-order valence-corrected chi connectivity index (χ0v) is 13.6. The first-order chi connectivity index (χ1) is 11.1. The van der Waals surface area contributed by atoms with Gasteiger partial charge in [-0.05, 0) is 55.0 Å². The number of nitrogens with one attached hydrogen (secondary N) is 2. The van der Waals surface area contributed by atoms with Crippen LogP contribution in [0.25, 0.3) is 10.9 Å². The van der Waals surface area contributed by atoms with Crippen molar-refractivity contribution in [1.82, 2.24) is 15.2 Å². The van der Waals surface area contributed by atoms with E-state index in [4.69, 9.17) is 0 Å². The number of aromatic nitrogens is 1. The SMILES string of the molecule is CNC(=O)CC[C@@]1(O)CCCN(Cc2ccc3[nH]ccc3c2)C1. The number of fused-ring (bicyclic) bond motifs is 1. The topological polar surface area (TPSA) is 68.4 Å². The zero-order chi connectivity index (χ0) is 16.3. The second-order valence-corrected chi connectivity index (χ2v) is 6.61. The number of β-amino-alcohol motifs (C(OH)–C–C–N with tert-alkyl or cyclic N) is 1. The van der Waals surface area contributed by atoms with Gasteiger partial charge in [0.05, 0.1) is 5.60 Å². The largest absolute Gasteiger partial charge is 0.389 e. The molecule has 0 radical (unpaired) electrons. The van der Waals surface area contributed by atoms with Crippen molar-refractivity contribution in [3.8, 4) is 0 Å². The molecule has 0 spiro atoms. The van der Waals surface area contributed by atoms with Crippen molar-refractivity contribution in [2.75, 3.05) is 20.1 Å². The van der Waals surface area contributed by atoms with E-state index in [0.717, 1.165) is 31.4 Å². The molecule has 1 aromatic heterocycles. The van der Waals surface area contributed by atoms with Crippen LogP contribution in [-0.2, 0) is 11.3 Å². The van der Waals surface area contributed by atoms with Gasteiger partial charge in [0.1, 0.15) is 0 Å². The van der Waals surface area contributed by atoms with Gasteiger partial charge in [0.2, 0.25) is 5.91 Å². The summed E-state index contributed by atoms with van der Waals surface area (Å²) in [5.74, 6) is -0.00606. The Morgan fingerprint density at radius 1 is 1.43 bits per heavy atom. The molecule has 1 aromatic carbocycles. The van der Waals surface area contributed by atoms with E-state index in [2.05, 4.69) is 39.5 Å². The van der Waals surface area contributed by atoms with Crippen LogP contribution in [-0.4, -0.2) is 46.6 Å². The normalized spacial score (nSPS) is 22.3. The molecule has 1 saturated heterocycles. The molecule has 2 heterocycles. The van der Waals surface area contributed by atoms with Gasteiger partial charge in [-0.25, -0.2) is 0 Å². The quantitative estimate of drug-likeness (QED) is 0.791. The Bertz CT molecular complexity index is 682. The number of aliphatic hydroxyl groups is 1. The summed E-state index contributed by atoms with van der Waals surface area (Å²) in [4.78, 5) is 16.9. The molecule has 1 atom stereocenters. The molecule has 1 amide bonds. The Morgan fingerprint density at radius 3 is 3.13 bits per heavy atom. The van der Waals surface area contributed by atoms with Gasteiger partial charge in [0.15, 0.2) is 0 Å². The van der Waals surface area contributed by atoms with Crippen LogP contribution in [0.3, 0.4) is 0 Å². The van der Waals surface area contributed by atoms with Crippen LogP contribution >= 0.6 is 0 Å². The minimum absolute atomic E-state index is 0.00606. The molecule has 0 unspecified atom stereocenters. The summed E-state index contributed by atoms with van der Waals surface area (Å²) in [5, 5.41) is 14.6. The van der Waals surface area contributed by atoms with Crippen LogP contribution in [0.2, 0.25) is 0 Å². The first-order valence-corrected chi connectivity index (χ1v) is 8.29. The lowest BCUT2D eigenvalue weighted by Crippen LogP contribution is -2.48. The summed E-state index contributed by atoms with van der Waals surface area (Å²) >= 11 is 0. The molecule has 0 bridgehead atoms. The highest BCUT2D eigenvalue weighted by Gasteiger charge is 2.33. The fraction of sp³-hybridized carbons (Fsp3) is 0.500. The first-order valence-electron chi connectivity index (χ1n) is 8.29. The van der Waals surface area contributed by atoms with Gasteiger partial charge in [-0.1, -0.05) is 6.07 Å². The van der Waals surface area contributed by atoms with E-state index in [1.165, 1.54) is 10.9 Å². The van der Waals surface area contributed by atoms with Crippen molar-refractivity contribution in [1.29, 1.82) is 0 Å². The Labute approximate surface area is 136 Å². The highest BCUT2D eigenvalue weighted by molar-refractivity contribution is 5.79. The van der Waals surface area contributed by atoms with Crippen molar-refractivity contribution in [3.05, 3.63) is 36.0 Å². The number of benzene rings is 1. The Morgan fingerprint density at radius 2 is 2.30 bits per heavy atom. The molecule has 23 heavy (non-hydrogen) atoms. The number of likely N-dealkylation sites (tertiary alicyclic amines) is 1. The molecular weight excluding hydrogens is 290 g/mol. The lowest BCUT2D eigenvalue weighted by molar-refractivity contribution is -0.122. The number of rotatable bonds is 5. The number of piperidine rings is 1. The maximum absolute atomic E-state index is 11.4. The summed E-state index contributed by atoms with van der Waals surface area (Å²) in [6, 6.07) is 8.52. The fourth-order valence-corrected chi connectivity index (χ4v) is 3.48. The molecule has 0 aliphatic carbocycles. The van der Waals surface area contributed by atoms with E-state index in [1.807, 2.05) is 6.20 Å². The third-order valence-corrected chi connectivity index (χ3v) is 4.75. The smallest absolute Gasteiger partial charge is 0.219 e. The van der Waals surface area contributed by atoms with Crippen LogP contribution in [0.5, 0.6) is 0 Å². The summed E-state index contributed by atoms with van der Waals surface area (Å²) in [5.41, 5.74) is 1.66. The second-order valence-electron chi connectivity index (χ2n) is 6.61. The number of H-pyrrole nitrogens is 1. The van der Waals surface area contributed by atoms with E-state index in [1.54, 1.807) is 7.05 Å². The van der Waals surface area contributed by atoms with Gasteiger partial charge in [-0.15, -0.1) is 0 Å². The van der Waals surface area contributed by atoms with Crippen molar-refractivity contribution in [3.63, 3.8) is 0 Å². The van der Waals surface area contributed by atoms with E-state index in [-0.39, 0.29) is 5.91 Å². The monoisotopic (exact) mass is 315 g/mol. The lowest BCUT2D eigenvalue weighted by atomic mass is 9.88. The van der Waals surface area contributed by atoms with Crippen molar-refractivity contribution >= 4 is 16.8 Å². The Balaban J connectivity index is 1.62. The van der Waals surface area contributed by atoms with Crippen molar-refractivity contribution in [2.24, 2.45) is 0 Å². The van der Waals surface area contributed by atoms with E-state index in [9.17, 15) is 9.90 Å². The number of hydrogen-bond acceptors (Lipinski definition) is 3. The van der Waals surface area contributed by atoms with Gasteiger partial charge in [0.25, 0.3) is 0 Å². The minimum Gasteiger partial charge on any atom is -0.389 e. The van der Waals surface area contributed by atoms with E-state index >= 15 is 0 Å². The maximum atomic E-state index is 11.4. The predicted octanol–water partition coefficient (Wildman–Crippen LogP) is 2.02. The maximum Gasteiger partial charge on any atom is 0.219 e. The highest BCUT2D eigenvalue weighted by atomic mass is 16.3. The van der Waals surface area contributed by atoms with E-state index < -0.39 is 5.60 Å². The first kappa shape index (κ1) is 16.0. The average molecular weight is 315 g/mol. The number of amides is 1. The van der Waals surface area contributed by atoms with Crippen molar-refractivity contribution in [2.45, 2.75) is 37.8 Å². The van der Waals surface area contributed by atoms with Gasteiger partial charge < -0.3 is 15.4 Å². The molecule has 3 N–H and O–H groups in total. The standard InChI is InChI=1S/C18H25N3O2/c1-19-17(22)5-8-18(23)7-2-10-21(13-18)12-14-3-4-16-15(11-14)6-9-20-16/h3-4,6,9,11,20,23H,2,5,7-8,10,12-13H2,1H3,(H,19,22)/t18-/m0/s1.